The van der Waals surface area contributed by atoms with Crippen molar-refractivity contribution in [1.29, 1.82) is 0 Å². The van der Waals surface area contributed by atoms with Crippen molar-refractivity contribution in [1.82, 2.24) is 14.9 Å². The maximum atomic E-state index is 13.1. The van der Waals surface area contributed by atoms with Crippen LogP contribution in [-0.2, 0) is 17.6 Å². The topological polar surface area (TPSA) is 64.0 Å². The van der Waals surface area contributed by atoms with Gasteiger partial charge >= 0.3 is 0 Å². The van der Waals surface area contributed by atoms with E-state index in [0.717, 1.165) is 11.1 Å². The summed E-state index contributed by atoms with van der Waals surface area (Å²) in [6.07, 6.45) is 2.87. The van der Waals surface area contributed by atoms with Crippen LogP contribution in [0.15, 0.2) is 96.1 Å². The third kappa shape index (κ3) is 4.89. The molecule has 0 radical (unpaired) electrons. The second-order valence-corrected chi connectivity index (χ2v) is 7.74. The van der Waals surface area contributed by atoms with Crippen molar-refractivity contribution < 1.29 is 4.79 Å². The predicted molar refractivity (Wildman–Crippen MR) is 123 cm³/mol. The minimum Gasteiger partial charge on any atom is -0.351 e. The molecular formula is C26H25N3O2. The summed E-state index contributed by atoms with van der Waals surface area (Å²) in [7, 11) is 0. The van der Waals surface area contributed by atoms with Crippen molar-refractivity contribution in [3.8, 4) is 0 Å². The van der Waals surface area contributed by atoms with Gasteiger partial charge in [0.2, 0.25) is 5.91 Å². The molecule has 0 bridgehead atoms. The first kappa shape index (κ1) is 20.5. The van der Waals surface area contributed by atoms with Gasteiger partial charge in [0.05, 0.1) is 17.2 Å². The predicted octanol–water partition coefficient (Wildman–Crippen LogP) is 3.93. The lowest BCUT2D eigenvalue weighted by atomic mass is 9.98. The number of hydrogen-bond acceptors (Lipinski definition) is 3. The zero-order chi connectivity index (χ0) is 21.6. The standard InChI is InChI=1S/C26H25N3O2/c1-19(29-18-27-24-15-9-8-14-23(24)26(29)31)25(30)28-22(16-20-10-4-2-5-11-20)17-21-12-6-3-7-13-21/h2-15,18-19,22H,16-17H2,1H3,(H,28,30). The third-order valence-corrected chi connectivity index (χ3v) is 5.48. The molecule has 31 heavy (non-hydrogen) atoms. The van der Waals surface area contributed by atoms with Crippen molar-refractivity contribution >= 4 is 16.8 Å². The van der Waals surface area contributed by atoms with Gasteiger partial charge in [-0.3, -0.25) is 14.2 Å². The number of amides is 1. The Morgan fingerprint density at radius 1 is 0.871 bits per heavy atom. The van der Waals surface area contributed by atoms with E-state index in [1.165, 1.54) is 10.9 Å². The van der Waals surface area contributed by atoms with Crippen molar-refractivity contribution in [2.24, 2.45) is 0 Å². The lowest BCUT2D eigenvalue weighted by molar-refractivity contribution is -0.124. The number of aromatic nitrogens is 2. The molecule has 1 aromatic heterocycles. The van der Waals surface area contributed by atoms with Gasteiger partial charge in [-0.2, -0.15) is 0 Å². The molecule has 1 atom stereocenters. The molecular weight excluding hydrogens is 386 g/mol. The van der Waals surface area contributed by atoms with Gasteiger partial charge in [-0.1, -0.05) is 72.8 Å². The molecule has 1 heterocycles. The fourth-order valence-corrected chi connectivity index (χ4v) is 3.78. The minimum absolute atomic E-state index is 0.0936. The monoisotopic (exact) mass is 411 g/mol. The van der Waals surface area contributed by atoms with Gasteiger partial charge in [-0.05, 0) is 43.0 Å². The number of hydrogen-bond donors (Lipinski definition) is 1. The van der Waals surface area contributed by atoms with Crippen LogP contribution in [0.5, 0.6) is 0 Å². The van der Waals surface area contributed by atoms with Crippen molar-refractivity contribution in [3.05, 3.63) is 113 Å². The molecule has 0 aliphatic rings. The fourth-order valence-electron chi connectivity index (χ4n) is 3.78. The molecule has 0 saturated heterocycles. The number of carbonyl (C=O) groups is 1. The van der Waals surface area contributed by atoms with Crippen molar-refractivity contribution in [2.45, 2.75) is 31.8 Å². The number of nitrogens with one attached hydrogen (secondary N) is 1. The Morgan fingerprint density at radius 3 is 2.03 bits per heavy atom. The first-order valence-corrected chi connectivity index (χ1v) is 10.5. The number of nitrogens with zero attached hydrogens (tertiary/aromatic N) is 2. The molecule has 5 nitrogen and oxygen atoms in total. The molecule has 4 aromatic rings. The summed E-state index contributed by atoms with van der Waals surface area (Å²) >= 11 is 0. The lowest BCUT2D eigenvalue weighted by Gasteiger charge is -2.22. The van der Waals surface area contributed by atoms with E-state index in [4.69, 9.17) is 0 Å². The highest BCUT2D eigenvalue weighted by molar-refractivity contribution is 5.81. The summed E-state index contributed by atoms with van der Waals surface area (Å²) in [6, 6.07) is 26.6. The highest BCUT2D eigenvalue weighted by Crippen LogP contribution is 2.12. The van der Waals surface area contributed by atoms with Gasteiger partial charge in [0.1, 0.15) is 6.04 Å². The molecule has 4 rings (SSSR count). The normalized spacial score (nSPS) is 12.1. The Labute approximate surface area is 181 Å². The van der Waals surface area contributed by atoms with Crippen LogP contribution in [-0.4, -0.2) is 21.5 Å². The van der Waals surface area contributed by atoms with Gasteiger partial charge in [0.25, 0.3) is 5.56 Å². The van der Waals surface area contributed by atoms with E-state index < -0.39 is 6.04 Å². The van der Waals surface area contributed by atoms with E-state index in [1.807, 2.05) is 42.5 Å². The summed E-state index contributed by atoms with van der Waals surface area (Å²) in [5.41, 5.74) is 2.72. The number of rotatable bonds is 7. The second-order valence-electron chi connectivity index (χ2n) is 7.74. The van der Waals surface area contributed by atoms with E-state index in [2.05, 4.69) is 34.6 Å². The minimum atomic E-state index is -0.668. The fraction of sp³-hybridized carbons (Fsp3) is 0.192. The molecule has 0 spiro atoms. The van der Waals surface area contributed by atoms with Gasteiger partial charge in [0, 0.05) is 6.04 Å². The van der Waals surface area contributed by atoms with Crippen molar-refractivity contribution in [3.63, 3.8) is 0 Å². The molecule has 1 unspecified atom stereocenters. The Balaban J connectivity index is 1.56. The lowest BCUT2D eigenvalue weighted by Crippen LogP contribution is -2.43. The zero-order valence-electron chi connectivity index (χ0n) is 17.4. The summed E-state index contributed by atoms with van der Waals surface area (Å²) in [5.74, 6) is -0.198. The molecule has 1 N–H and O–H groups in total. The number of para-hydroxylation sites is 1. The summed E-state index contributed by atoms with van der Waals surface area (Å²) in [6.45, 7) is 1.73. The molecule has 3 aromatic carbocycles. The van der Waals surface area contributed by atoms with Gasteiger partial charge in [-0.25, -0.2) is 4.98 Å². The van der Waals surface area contributed by atoms with Crippen molar-refractivity contribution in [2.75, 3.05) is 0 Å². The highest BCUT2D eigenvalue weighted by atomic mass is 16.2. The number of carbonyl (C=O) groups excluding carboxylic acids is 1. The van der Waals surface area contributed by atoms with Crippen LogP contribution in [0.4, 0.5) is 0 Å². The van der Waals surface area contributed by atoms with Crippen LogP contribution in [0.25, 0.3) is 10.9 Å². The SMILES string of the molecule is CC(C(=O)NC(Cc1ccccc1)Cc1ccccc1)n1cnc2ccccc2c1=O. The molecule has 1 amide bonds. The van der Waals surface area contributed by atoms with Crippen LogP contribution in [0, 0.1) is 0 Å². The van der Waals surface area contributed by atoms with Crippen LogP contribution < -0.4 is 10.9 Å². The first-order chi connectivity index (χ1) is 15.1. The summed E-state index contributed by atoms with van der Waals surface area (Å²) in [5, 5.41) is 3.67. The van der Waals surface area contributed by atoms with E-state index in [-0.39, 0.29) is 17.5 Å². The van der Waals surface area contributed by atoms with E-state index >= 15 is 0 Å². The Hall–Kier alpha value is -3.73. The first-order valence-electron chi connectivity index (χ1n) is 10.5. The molecule has 156 valence electrons. The van der Waals surface area contributed by atoms with Crippen LogP contribution >= 0.6 is 0 Å². The molecule has 0 fully saturated rings. The number of benzene rings is 3. The average Bonchev–Trinajstić information content (AvgIpc) is 2.80. The maximum absolute atomic E-state index is 13.1. The summed E-state index contributed by atoms with van der Waals surface area (Å²) < 4.78 is 1.40. The van der Waals surface area contributed by atoms with Crippen LogP contribution in [0.2, 0.25) is 0 Å². The van der Waals surface area contributed by atoms with E-state index in [1.54, 1.807) is 25.1 Å². The van der Waals surface area contributed by atoms with Gasteiger partial charge in [-0.15, -0.1) is 0 Å². The molecule has 0 aliphatic heterocycles. The molecule has 0 saturated carbocycles. The van der Waals surface area contributed by atoms with E-state index in [0.29, 0.717) is 23.7 Å². The Morgan fingerprint density at radius 2 is 1.42 bits per heavy atom. The second kappa shape index (κ2) is 9.39. The average molecular weight is 412 g/mol. The van der Waals surface area contributed by atoms with Gasteiger partial charge < -0.3 is 5.32 Å². The van der Waals surface area contributed by atoms with Gasteiger partial charge in [0.15, 0.2) is 0 Å². The largest absolute Gasteiger partial charge is 0.351 e. The maximum Gasteiger partial charge on any atom is 0.261 e. The molecule has 0 aliphatic carbocycles. The van der Waals surface area contributed by atoms with Crippen LogP contribution in [0.1, 0.15) is 24.1 Å². The molecule has 5 heteroatoms. The zero-order valence-corrected chi connectivity index (χ0v) is 17.4. The van der Waals surface area contributed by atoms with E-state index in [9.17, 15) is 9.59 Å². The Bertz CT molecular complexity index is 1180. The smallest absolute Gasteiger partial charge is 0.261 e. The van der Waals surface area contributed by atoms with Crippen LogP contribution in [0.3, 0.4) is 0 Å². The summed E-state index contributed by atoms with van der Waals surface area (Å²) in [4.78, 5) is 30.4. The quantitative estimate of drug-likeness (QED) is 0.501. The number of fused-ring (bicyclic) bond motifs is 1. The Kier molecular flexibility index (Phi) is 6.22. The third-order valence-electron chi connectivity index (χ3n) is 5.48. The highest BCUT2D eigenvalue weighted by Gasteiger charge is 2.21.